The predicted molar refractivity (Wildman–Crippen MR) is 52.6 cm³/mol. The maximum absolute atomic E-state index is 11.3. The van der Waals surface area contributed by atoms with Gasteiger partial charge >= 0.3 is 0 Å². The minimum atomic E-state index is -0.261. The van der Waals surface area contributed by atoms with Crippen molar-refractivity contribution in [1.29, 1.82) is 0 Å². The molecule has 0 fully saturated rings. The fraction of sp³-hybridized carbons (Fsp3) is 0.300. The van der Waals surface area contributed by atoms with Crippen molar-refractivity contribution in [3.8, 4) is 0 Å². The van der Waals surface area contributed by atoms with E-state index in [9.17, 15) is 9.59 Å². The van der Waals surface area contributed by atoms with Gasteiger partial charge in [0.2, 0.25) is 0 Å². The van der Waals surface area contributed by atoms with Crippen LogP contribution in [-0.2, 0) is 23.2 Å². The second kappa shape index (κ2) is 3.34. The highest BCUT2D eigenvalue weighted by atomic mass is 16.2. The van der Waals surface area contributed by atoms with Gasteiger partial charge in [0.1, 0.15) is 0 Å². The molecule has 5 heteroatoms. The van der Waals surface area contributed by atoms with E-state index >= 15 is 0 Å². The van der Waals surface area contributed by atoms with Crippen LogP contribution in [0.2, 0.25) is 0 Å². The third-order valence-corrected chi connectivity index (χ3v) is 2.34. The van der Waals surface area contributed by atoms with E-state index in [1.807, 2.05) is 20.2 Å². The summed E-state index contributed by atoms with van der Waals surface area (Å²) in [6.45, 7) is 2.15. The van der Waals surface area contributed by atoms with Gasteiger partial charge in [0.15, 0.2) is 0 Å². The summed E-state index contributed by atoms with van der Waals surface area (Å²) in [6, 6.07) is 0. The molecule has 1 aromatic rings. The molecular formula is C10H11N3O2. The molecule has 78 valence electrons. The van der Waals surface area contributed by atoms with Gasteiger partial charge in [-0.05, 0) is 6.92 Å². The lowest BCUT2D eigenvalue weighted by molar-refractivity contribution is -0.137. The topological polar surface area (TPSA) is 55.2 Å². The van der Waals surface area contributed by atoms with Gasteiger partial charge in [-0.3, -0.25) is 19.2 Å². The SMILES string of the molecule is Cc1nn(C)cc1CN1C(=O)C=CC1=O. The maximum atomic E-state index is 11.3. The van der Waals surface area contributed by atoms with Crippen LogP contribution in [0.5, 0.6) is 0 Å². The monoisotopic (exact) mass is 205 g/mol. The zero-order chi connectivity index (χ0) is 11.0. The van der Waals surface area contributed by atoms with E-state index in [0.29, 0.717) is 6.54 Å². The maximum Gasteiger partial charge on any atom is 0.253 e. The fourth-order valence-corrected chi connectivity index (χ4v) is 1.56. The zero-order valence-corrected chi connectivity index (χ0v) is 8.60. The van der Waals surface area contributed by atoms with Gasteiger partial charge in [-0.15, -0.1) is 0 Å². The van der Waals surface area contributed by atoms with Gasteiger partial charge in [0.05, 0.1) is 12.2 Å². The summed E-state index contributed by atoms with van der Waals surface area (Å²) in [6.07, 6.45) is 4.39. The van der Waals surface area contributed by atoms with Gasteiger partial charge < -0.3 is 0 Å². The minimum absolute atomic E-state index is 0.261. The second-order valence-electron chi connectivity index (χ2n) is 3.51. The molecule has 2 amide bonds. The Balaban J connectivity index is 2.19. The van der Waals surface area contributed by atoms with Crippen molar-refractivity contribution in [2.45, 2.75) is 13.5 Å². The van der Waals surface area contributed by atoms with Crippen molar-refractivity contribution >= 4 is 11.8 Å². The largest absolute Gasteiger partial charge is 0.275 e. The van der Waals surface area contributed by atoms with Crippen LogP contribution in [0.15, 0.2) is 18.3 Å². The Bertz CT molecular complexity index is 441. The Morgan fingerprint density at radius 2 is 1.87 bits per heavy atom. The molecule has 0 aromatic carbocycles. The van der Waals surface area contributed by atoms with Crippen LogP contribution in [-0.4, -0.2) is 26.5 Å². The molecule has 0 saturated carbocycles. The summed E-state index contributed by atoms with van der Waals surface area (Å²) in [4.78, 5) is 23.8. The number of hydrogen-bond acceptors (Lipinski definition) is 3. The quantitative estimate of drug-likeness (QED) is 0.646. The third-order valence-electron chi connectivity index (χ3n) is 2.34. The van der Waals surface area contributed by atoms with Crippen LogP contribution in [0.1, 0.15) is 11.3 Å². The molecule has 2 heterocycles. The Hall–Kier alpha value is -1.91. The molecule has 2 rings (SSSR count). The molecule has 0 radical (unpaired) electrons. The number of nitrogens with zero attached hydrogens (tertiary/aromatic N) is 3. The Labute approximate surface area is 87.0 Å². The number of aromatic nitrogens is 2. The molecule has 0 atom stereocenters. The Morgan fingerprint density at radius 3 is 2.33 bits per heavy atom. The normalized spacial score (nSPS) is 15.5. The number of rotatable bonds is 2. The molecule has 5 nitrogen and oxygen atoms in total. The lowest BCUT2D eigenvalue weighted by Gasteiger charge is -2.12. The number of carbonyl (C=O) groups is 2. The number of carbonyl (C=O) groups excluding carboxylic acids is 2. The predicted octanol–water partition coefficient (Wildman–Crippen LogP) is 0.154. The van der Waals surface area contributed by atoms with Crippen molar-refractivity contribution < 1.29 is 9.59 Å². The van der Waals surface area contributed by atoms with Crippen molar-refractivity contribution in [2.24, 2.45) is 7.05 Å². The van der Waals surface area contributed by atoms with E-state index in [0.717, 1.165) is 11.3 Å². The average Bonchev–Trinajstić information content (AvgIpc) is 2.63. The summed E-state index contributed by atoms with van der Waals surface area (Å²) in [5.41, 5.74) is 1.73. The number of imide groups is 1. The van der Waals surface area contributed by atoms with Gasteiger partial charge in [-0.25, -0.2) is 0 Å². The van der Waals surface area contributed by atoms with Gasteiger partial charge in [0.25, 0.3) is 11.8 Å². The highest BCUT2D eigenvalue weighted by Crippen LogP contribution is 2.12. The summed E-state index contributed by atoms with van der Waals surface area (Å²) in [5, 5.41) is 4.15. The molecule has 0 N–H and O–H groups in total. The summed E-state index contributed by atoms with van der Waals surface area (Å²) in [5.74, 6) is -0.522. The molecule has 1 aromatic heterocycles. The highest BCUT2D eigenvalue weighted by molar-refractivity contribution is 6.12. The van der Waals surface area contributed by atoms with Crippen LogP contribution < -0.4 is 0 Å². The van der Waals surface area contributed by atoms with Crippen molar-refractivity contribution in [3.63, 3.8) is 0 Å². The molecule has 0 saturated heterocycles. The van der Waals surface area contributed by atoms with Gasteiger partial charge in [0, 0.05) is 31.0 Å². The number of hydrogen-bond donors (Lipinski definition) is 0. The highest BCUT2D eigenvalue weighted by Gasteiger charge is 2.24. The average molecular weight is 205 g/mol. The molecule has 0 bridgehead atoms. The standard InChI is InChI=1S/C10H11N3O2/c1-7-8(5-12(2)11-7)6-13-9(14)3-4-10(13)15/h3-5H,6H2,1-2H3. The Morgan fingerprint density at radius 1 is 1.27 bits per heavy atom. The minimum Gasteiger partial charge on any atom is -0.275 e. The van der Waals surface area contributed by atoms with Crippen molar-refractivity contribution in [1.82, 2.24) is 14.7 Å². The smallest absolute Gasteiger partial charge is 0.253 e. The van der Waals surface area contributed by atoms with Crippen LogP contribution in [0.3, 0.4) is 0 Å². The second-order valence-corrected chi connectivity index (χ2v) is 3.51. The van der Waals surface area contributed by atoms with Crippen LogP contribution in [0.4, 0.5) is 0 Å². The van der Waals surface area contributed by atoms with Crippen molar-refractivity contribution in [2.75, 3.05) is 0 Å². The molecule has 1 aliphatic heterocycles. The first-order valence-corrected chi connectivity index (χ1v) is 4.60. The lowest BCUT2D eigenvalue weighted by atomic mass is 10.2. The number of aryl methyl sites for hydroxylation is 2. The molecule has 0 unspecified atom stereocenters. The molecule has 0 spiro atoms. The zero-order valence-electron chi connectivity index (χ0n) is 8.60. The van der Waals surface area contributed by atoms with Crippen molar-refractivity contribution in [3.05, 3.63) is 29.6 Å². The molecule has 1 aliphatic rings. The van der Waals surface area contributed by atoms with E-state index in [2.05, 4.69) is 5.10 Å². The Kier molecular flexibility index (Phi) is 2.15. The van der Waals surface area contributed by atoms with Gasteiger partial charge in [-0.2, -0.15) is 5.10 Å². The summed E-state index contributed by atoms with van der Waals surface area (Å²) < 4.78 is 1.67. The van der Waals surface area contributed by atoms with E-state index in [4.69, 9.17) is 0 Å². The lowest BCUT2D eigenvalue weighted by Crippen LogP contribution is -2.29. The summed E-state index contributed by atoms with van der Waals surface area (Å²) in [7, 11) is 1.81. The van der Waals surface area contributed by atoms with Crippen LogP contribution >= 0.6 is 0 Å². The molecular weight excluding hydrogens is 194 g/mol. The number of amides is 2. The van der Waals surface area contributed by atoms with E-state index in [-0.39, 0.29) is 11.8 Å². The third kappa shape index (κ3) is 1.68. The summed E-state index contributed by atoms with van der Waals surface area (Å²) >= 11 is 0. The first-order chi connectivity index (χ1) is 7.08. The van der Waals surface area contributed by atoms with E-state index in [1.165, 1.54) is 17.1 Å². The molecule has 15 heavy (non-hydrogen) atoms. The van der Waals surface area contributed by atoms with E-state index < -0.39 is 0 Å². The first-order valence-electron chi connectivity index (χ1n) is 4.60. The molecule has 0 aliphatic carbocycles. The van der Waals surface area contributed by atoms with Crippen LogP contribution in [0, 0.1) is 6.92 Å². The van der Waals surface area contributed by atoms with Gasteiger partial charge in [-0.1, -0.05) is 0 Å². The van der Waals surface area contributed by atoms with E-state index in [1.54, 1.807) is 4.68 Å². The van der Waals surface area contributed by atoms with Crippen LogP contribution in [0.25, 0.3) is 0 Å². The fourth-order valence-electron chi connectivity index (χ4n) is 1.56. The first kappa shape index (κ1) is 9.64.